The van der Waals surface area contributed by atoms with E-state index in [2.05, 4.69) is 36.3 Å². The summed E-state index contributed by atoms with van der Waals surface area (Å²) in [6.07, 6.45) is 2.04. The van der Waals surface area contributed by atoms with Crippen molar-refractivity contribution < 1.29 is 24.2 Å². The molecular formula is C29H42N4O5S. The lowest BCUT2D eigenvalue weighted by Crippen LogP contribution is -2.57. The molecule has 3 N–H and O–H groups in total. The van der Waals surface area contributed by atoms with E-state index in [0.717, 1.165) is 19.5 Å². The molecule has 0 aliphatic carbocycles. The minimum Gasteiger partial charge on any atom is -0.394 e. The number of morpholine rings is 1. The Bertz CT molecular complexity index is 1070. The van der Waals surface area contributed by atoms with Gasteiger partial charge in [-0.1, -0.05) is 32.0 Å². The highest BCUT2D eigenvalue weighted by Crippen LogP contribution is 2.71. The topological polar surface area (TPSA) is 111 Å². The number of ether oxygens (including phenoxy) is 1. The monoisotopic (exact) mass is 558 g/mol. The van der Waals surface area contributed by atoms with E-state index in [1.807, 2.05) is 30.3 Å². The molecule has 0 radical (unpaired) electrons. The second-order valence-corrected chi connectivity index (χ2v) is 13.9. The number of amides is 3. The fourth-order valence-electron chi connectivity index (χ4n) is 7.28. The summed E-state index contributed by atoms with van der Waals surface area (Å²) in [4.78, 5) is 46.0. The SMILES string of the molecule is CC(C)C[C@H](CO)N1C(=O)[C@@H]2[C@H](C(=O)Nc3ccccc3)[C@]3(C)CCC2(S3)C1C(=O)NCCN1CCOCC1. The normalized spacial score (nSPS) is 32.9. The first-order valence-corrected chi connectivity index (χ1v) is 15.1. The van der Waals surface area contributed by atoms with E-state index in [4.69, 9.17) is 4.74 Å². The van der Waals surface area contributed by atoms with Crippen molar-refractivity contribution in [3.63, 3.8) is 0 Å². The molecular weight excluding hydrogens is 516 g/mol. The van der Waals surface area contributed by atoms with Crippen LogP contribution in [0, 0.1) is 17.8 Å². The molecule has 4 fully saturated rings. The van der Waals surface area contributed by atoms with E-state index in [1.54, 1.807) is 16.7 Å². The maximum absolute atomic E-state index is 14.3. The van der Waals surface area contributed by atoms with Gasteiger partial charge in [0.05, 0.1) is 42.4 Å². The van der Waals surface area contributed by atoms with Crippen molar-refractivity contribution in [2.24, 2.45) is 17.8 Å². The van der Waals surface area contributed by atoms with Gasteiger partial charge in [0.15, 0.2) is 0 Å². The van der Waals surface area contributed by atoms with Gasteiger partial charge in [0.2, 0.25) is 17.7 Å². The van der Waals surface area contributed by atoms with Crippen molar-refractivity contribution in [1.29, 1.82) is 0 Å². The van der Waals surface area contributed by atoms with Crippen LogP contribution in [0.15, 0.2) is 30.3 Å². The van der Waals surface area contributed by atoms with Gasteiger partial charge >= 0.3 is 0 Å². The number of para-hydroxylation sites is 1. The number of likely N-dealkylation sites (tertiary alicyclic amines) is 1. The highest BCUT2D eigenvalue weighted by Gasteiger charge is 2.77. The van der Waals surface area contributed by atoms with E-state index in [-0.39, 0.29) is 30.2 Å². The molecule has 1 aromatic rings. The number of benzene rings is 1. The average molecular weight is 559 g/mol. The van der Waals surface area contributed by atoms with Crippen LogP contribution in [0.4, 0.5) is 5.69 Å². The summed E-state index contributed by atoms with van der Waals surface area (Å²) in [5, 5.41) is 16.6. The van der Waals surface area contributed by atoms with Gasteiger partial charge < -0.3 is 25.4 Å². The minimum atomic E-state index is -0.725. The predicted molar refractivity (Wildman–Crippen MR) is 151 cm³/mol. The zero-order valence-electron chi connectivity index (χ0n) is 23.2. The summed E-state index contributed by atoms with van der Waals surface area (Å²) in [6.45, 7) is 10.2. The molecule has 4 heterocycles. The molecule has 0 saturated carbocycles. The van der Waals surface area contributed by atoms with E-state index < -0.39 is 33.4 Å². The van der Waals surface area contributed by atoms with Gasteiger partial charge in [-0.25, -0.2) is 0 Å². The maximum Gasteiger partial charge on any atom is 0.244 e. The standard InChI is InChI=1S/C29H42N4O5S/c1-19(2)17-21(18-34)33-24(26(36)30-11-12-32-13-15-38-16-14-32)29-10-9-28(3,39-29)22(23(29)27(33)37)25(35)31-20-7-5-4-6-8-20/h4-8,19,21-24,34H,9-18H2,1-3H3,(H,30,36)(H,31,35)/t21-,22-,23+,24?,28+,29?/m1/s1. The number of carbonyl (C=O) groups excluding carboxylic acids is 3. The molecule has 1 spiro atoms. The lowest BCUT2D eigenvalue weighted by molar-refractivity contribution is -0.142. The Morgan fingerprint density at radius 1 is 1.15 bits per heavy atom. The van der Waals surface area contributed by atoms with Crippen LogP contribution in [0.3, 0.4) is 0 Å². The molecule has 2 unspecified atom stereocenters. The van der Waals surface area contributed by atoms with Crippen LogP contribution in [0.5, 0.6) is 0 Å². The van der Waals surface area contributed by atoms with Crippen molar-refractivity contribution >= 4 is 35.2 Å². The molecule has 5 rings (SSSR count). The third kappa shape index (κ3) is 5.21. The summed E-state index contributed by atoms with van der Waals surface area (Å²) < 4.78 is 4.29. The number of aliphatic hydroxyl groups excluding tert-OH is 1. The Balaban J connectivity index is 1.43. The summed E-state index contributed by atoms with van der Waals surface area (Å²) in [5.41, 5.74) is 0.695. The first kappa shape index (κ1) is 28.4. The molecule has 10 heteroatoms. The van der Waals surface area contributed by atoms with Crippen LogP contribution in [-0.2, 0) is 19.1 Å². The zero-order valence-corrected chi connectivity index (χ0v) is 24.0. The zero-order chi connectivity index (χ0) is 27.8. The fourth-order valence-corrected chi connectivity index (χ4v) is 9.62. The number of nitrogens with zero attached hydrogens (tertiary/aromatic N) is 2. The second kappa shape index (κ2) is 11.4. The fraction of sp³-hybridized carbons (Fsp3) is 0.690. The van der Waals surface area contributed by atoms with Crippen molar-refractivity contribution in [3.8, 4) is 0 Å². The lowest BCUT2D eigenvalue weighted by atomic mass is 9.66. The quantitative estimate of drug-likeness (QED) is 0.403. The van der Waals surface area contributed by atoms with Gasteiger partial charge in [0.25, 0.3) is 0 Å². The van der Waals surface area contributed by atoms with Crippen molar-refractivity contribution in [2.45, 2.75) is 61.6 Å². The Morgan fingerprint density at radius 2 is 1.87 bits per heavy atom. The lowest BCUT2D eigenvalue weighted by Gasteiger charge is -2.37. The van der Waals surface area contributed by atoms with Crippen LogP contribution >= 0.6 is 11.8 Å². The molecule has 39 heavy (non-hydrogen) atoms. The Hall–Kier alpha value is -2.14. The Kier molecular flexibility index (Phi) is 8.29. The van der Waals surface area contributed by atoms with Crippen molar-refractivity contribution in [2.75, 3.05) is 51.3 Å². The number of rotatable bonds is 10. The molecule has 214 valence electrons. The van der Waals surface area contributed by atoms with E-state index in [0.29, 0.717) is 44.8 Å². The number of anilines is 1. The largest absolute Gasteiger partial charge is 0.394 e. The predicted octanol–water partition coefficient (Wildman–Crippen LogP) is 1.96. The number of nitrogens with one attached hydrogen (secondary N) is 2. The first-order chi connectivity index (χ1) is 18.7. The Morgan fingerprint density at radius 3 is 2.54 bits per heavy atom. The second-order valence-electron chi connectivity index (χ2n) is 12.0. The van der Waals surface area contributed by atoms with Crippen LogP contribution in [0.25, 0.3) is 0 Å². The van der Waals surface area contributed by atoms with E-state index in [1.165, 1.54) is 0 Å². The van der Waals surface area contributed by atoms with Crippen LogP contribution < -0.4 is 10.6 Å². The average Bonchev–Trinajstić information content (AvgIpc) is 3.49. The van der Waals surface area contributed by atoms with Gasteiger partial charge in [-0.3, -0.25) is 19.3 Å². The van der Waals surface area contributed by atoms with Gasteiger partial charge in [-0.2, -0.15) is 0 Å². The molecule has 4 saturated heterocycles. The van der Waals surface area contributed by atoms with Crippen molar-refractivity contribution in [3.05, 3.63) is 30.3 Å². The number of thioether (sulfide) groups is 1. The number of hydrogen-bond donors (Lipinski definition) is 3. The van der Waals surface area contributed by atoms with Gasteiger partial charge in [-0.05, 0) is 44.2 Å². The molecule has 3 amide bonds. The number of aliphatic hydroxyl groups is 1. The molecule has 2 bridgehead atoms. The summed E-state index contributed by atoms with van der Waals surface area (Å²) in [7, 11) is 0. The molecule has 4 aliphatic heterocycles. The van der Waals surface area contributed by atoms with Crippen LogP contribution in [0.2, 0.25) is 0 Å². The molecule has 0 aromatic heterocycles. The van der Waals surface area contributed by atoms with Crippen LogP contribution in [-0.4, -0.2) is 100 Å². The summed E-state index contributed by atoms with van der Waals surface area (Å²) in [5.74, 6) is -1.46. The number of fused-ring (bicyclic) bond motifs is 1. The van der Waals surface area contributed by atoms with Gasteiger partial charge in [0, 0.05) is 36.6 Å². The Labute approximate surface area is 235 Å². The first-order valence-electron chi connectivity index (χ1n) is 14.3. The highest BCUT2D eigenvalue weighted by atomic mass is 32.2. The van der Waals surface area contributed by atoms with E-state index in [9.17, 15) is 19.5 Å². The van der Waals surface area contributed by atoms with E-state index >= 15 is 0 Å². The maximum atomic E-state index is 14.3. The number of carbonyl (C=O) groups is 3. The third-order valence-corrected chi connectivity index (χ3v) is 11.0. The van der Waals surface area contributed by atoms with Gasteiger partial charge in [0.1, 0.15) is 6.04 Å². The number of hydrogen-bond acceptors (Lipinski definition) is 7. The molecule has 6 atom stereocenters. The van der Waals surface area contributed by atoms with Gasteiger partial charge in [-0.15, -0.1) is 11.8 Å². The van der Waals surface area contributed by atoms with Crippen LogP contribution in [0.1, 0.15) is 40.0 Å². The smallest absolute Gasteiger partial charge is 0.244 e. The highest BCUT2D eigenvalue weighted by molar-refractivity contribution is 8.02. The van der Waals surface area contributed by atoms with Crippen molar-refractivity contribution in [1.82, 2.24) is 15.1 Å². The summed E-state index contributed by atoms with van der Waals surface area (Å²) >= 11 is 1.66. The molecule has 9 nitrogen and oxygen atoms in total. The third-order valence-electron chi connectivity index (χ3n) is 8.97. The molecule has 1 aromatic carbocycles. The minimum absolute atomic E-state index is 0.172. The molecule has 4 aliphatic rings. The summed E-state index contributed by atoms with van der Waals surface area (Å²) in [6, 6.07) is 8.11.